The first-order valence-electron chi connectivity index (χ1n) is 6.68. The maximum absolute atomic E-state index is 12.3. The molecule has 7 heteroatoms. The lowest BCUT2D eigenvalue weighted by Gasteiger charge is -2.32. The summed E-state index contributed by atoms with van der Waals surface area (Å²) in [5, 5.41) is 4.19. The lowest BCUT2D eigenvalue weighted by molar-refractivity contribution is 0.00578. The number of carbonyl (C=O) groups excluding carboxylic acids is 1. The van der Waals surface area contributed by atoms with Gasteiger partial charge in [-0.05, 0) is 39.1 Å². The zero-order chi connectivity index (χ0) is 15.3. The van der Waals surface area contributed by atoms with E-state index >= 15 is 0 Å². The fourth-order valence-electron chi connectivity index (χ4n) is 1.98. The Morgan fingerprint density at radius 2 is 1.90 bits per heavy atom. The van der Waals surface area contributed by atoms with Gasteiger partial charge in [0.1, 0.15) is 0 Å². The number of aromatic nitrogens is 1. The monoisotopic (exact) mass is 321 g/mol. The van der Waals surface area contributed by atoms with E-state index in [4.69, 9.17) is 9.31 Å². The maximum atomic E-state index is 12.3. The van der Waals surface area contributed by atoms with Crippen molar-refractivity contribution in [1.82, 2.24) is 4.98 Å². The Bertz CT molecular complexity index is 648. The first-order valence-corrected chi connectivity index (χ1v) is 8.44. The van der Waals surface area contributed by atoms with Crippen LogP contribution in [0, 0.1) is 0 Å². The second-order valence-corrected chi connectivity index (χ2v) is 7.84. The second-order valence-electron chi connectivity index (χ2n) is 6.00. The van der Waals surface area contributed by atoms with Gasteiger partial charge in [-0.15, -0.1) is 11.3 Å². The van der Waals surface area contributed by atoms with Crippen LogP contribution in [0.2, 0.25) is 0 Å². The number of thiazole rings is 1. The summed E-state index contributed by atoms with van der Waals surface area (Å²) in [6.07, 6.45) is 1.67. The molecular formula is C14H16BNO3S2. The minimum Gasteiger partial charge on any atom is -0.399 e. The Kier molecular flexibility index (Phi) is 3.56. The summed E-state index contributed by atoms with van der Waals surface area (Å²) in [6.45, 7) is 8.02. The molecule has 110 valence electrons. The summed E-state index contributed by atoms with van der Waals surface area (Å²) in [6, 6.07) is 1.81. The van der Waals surface area contributed by atoms with Gasteiger partial charge >= 0.3 is 7.12 Å². The predicted octanol–water partition coefficient (Wildman–Crippen LogP) is 2.73. The summed E-state index contributed by atoms with van der Waals surface area (Å²) in [7, 11) is -0.462. The molecular weight excluding hydrogens is 305 g/mol. The third-order valence-electron chi connectivity index (χ3n) is 3.99. The summed E-state index contributed by atoms with van der Waals surface area (Å²) in [4.78, 5) is 16.5. The highest BCUT2D eigenvalue weighted by molar-refractivity contribution is 7.23. The number of ketones is 1. The van der Waals surface area contributed by atoms with Crippen LogP contribution in [0.4, 0.5) is 0 Å². The van der Waals surface area contributed by atoms with E-state index in [-0.39, 0.29) is 17.0 Å². The van der Waals surface area contributed by atoms with Gasteiger partial charge in [0.25, 0.3) is 0 Å². The van der Waals surface area contributed by atoms with Crippen molar-refractivity contribution in [3.63, 3.8) is 0 Å². The van der Waals surface area contributed by atoms with Crippen molar-refractivity contribution in [3.8, 4) is 0 Å². The summed E-state index contributed by atoms with van der Waals surface area (Å²) in [5.74, 6) is -0.0518. The molecule has 0 radical (unpaired) electrons. The van der Waals surface area contributed by atoms with Crippen molar-refractivity contribution in [2.45, 2.75) is 38.9 Å². The normalized spacial score (nSPS) is 19.9. The standard InChI is InChI=1S/C14H16BNO3S2/c1-13(2)14(3,4)19-15(18-13)10-7-16-12(21-10)11(17)9-5-6-20-8-9/h5-8H,1-4H3. The number of hydrogen-bond donors (Lipinski definition) is 0. The Labute approximate surface area is 132 Å². The minimum absolute atomic E-state index is 0.0518. The Hall–Kier alpha value is -1.02. The molecule has 0 spiro atoms. The lowest BCUT2D eigenvalue weighted by Crippen LogP contribution is -2.41. The molecule has 2 aromatic rings. The van der Waals surface area contributed by atoms with Crippen LogP contribution >= 0.6 is 22.7 Å². The smallest absolute Gasteiger partial charge is 0.399 e. The minimum atomic E-state index is -0.462. The quantitative estimate of drug-likeness (QED) is 0.644. The third kappa shape index (κ3) is 2.59. The Balaban J connectivity index is 1.82. The molecule has 1 fully saturated rings. The van der Waals surface area contributed by atoms with Gasteiger partial charge in [0.15, 0.2) is 5.01 Å². The molecule has 0 aliphatic carbocycles. The summed E-state index contributed by atoms with van der Waals surface area (Å²) >= 11 is 2.83. The third-order valence-corrected chi connectivity index (χ3v) is 5.69. The van der Waals surface area contributed by atoms with E-state index in [1.54, 1.807) is 6.20 Å². The Morgan fingerprint density at radius 1 is 1.24 bits per heavy atom. The zero-order valence-corrected chi connectivity index (χ0v) is 14.0. The zero-order valence-electron chi connectivity index (χ0n) is 12.4. The molecule has 1 aliphatic rings. The van der Waals surface area contributed by atoms with Gasteiger partial charge < -0.3 is 9.31 Å². The van der Waals surface area contributed by atoms with Crippen molar-refractivity contribution in [1.29, 1.82) is 0 Å². The van der Waals surface area contributed by atoms with Crippen molar-refractivity contribution in [2.75, 3.05) is 0 Å². The molecule has 3 rings (SSSR count). The molecule has 0 aromatic carbocycles. The number of nitrogens with zero attached hydrogens (tertiary/aromatic N) is 1. The molecule has 0 atom stereocenters. The van der Waals surface area contributed by atoms with Crippen molar-refractivity contribution in [3.05, 3.63) is 33.6 Å². The molecule has 3 heterocycles. The predicted molar refractivity (Wildman–Crippen MR) is 85.6 cm³/mol. The van der Waals surface area contributed by atoms with Gasteiger partial charge in [-0.25, -0.2) is 4.98 Å². The second kappa shape index (κ2) is 5.02. The van der Waals surface area contributed by atoms with Gasteiger partial charge in [-0.1, -0.05) is 0 Å². The van der Waals surface area contributed by atoms with Crippen LogP contribution in [-0.4, -0.2) is 29.1 Å². The van der Waals surface area contributed by atoms with E-state index < -0.39 is 7.12 Å². The average Bonchev–Trinajstić information content (AvgIpc) is 3.10. The summed E-state index contributed by atoms with van der Waals surface area (Å²) < 4.78 is 12.8. The van der Waals surface area contributed by atoms with Crippen LogP contribution in [0.1, 0.15) is 43.1 Å². The van der Waals surface area contributed by atoms with Crippen LogP contribution in [0.25, 0.3) is 0 Å². The van der Waals surface area contributed by atoms with E-state index in [1.165, 1.54) is 22.7 Å². The highest BCUT2D eigenvalue weighted by atomic mass is 32.1. The number of hydrogen-bond acceptors (Lipinski definition) is 6. The number of carbonyl (C=O) groups is 1. The first-order chi connectivity index (χ1) is 9.80. The molecule has 0 unspecified atom stereocenters. The molecule has 4 nitrogen and oxygen atoms in total. The van der Waals surface area contributed by atoms with Crippen LogP contribution < -0.4 is 4.78 Å². The molecule has 21 heavy (non-hydrogen) atoms. The van der Waals surface area contributed by atoms with E-state index in [0.29, 0.717) is 10.6 Å². The van der Waals surface area contributed by atoms with E-state index in [9.17, 15) is 4.79 Å². The topological polar surface area (TPSA) is 48.4 Å². The molecule has 1 aliphatic heterocycles. The van der Waals surface area contributed by atoms with Gasteiger partial charge in [0.05, 0.1) is 16.0 Å². The SMILES string of the molecule is CC1(C)OB(c2cnc(C(=O)c3ccsc3)s2)OC1(C)C. The van der Waals surface area contributed by atoms with Gasteiger partial charge in [0, 0.05) is 17.1 Å². The van der Waals surface area contributed by atoms with E-state index in [1.807, 2.05) is 44.5 Å². The fraction of sp³-hybridized carbons (Fsp3) is 0.429. The fourth-order valence-corrected chi connectivity index (χ4v) is 3.45. The molecule has 0 N–H and O–H groups in total. The average molecular weight is 321 g/mol. The Morgan fingerprint density at radius 3 is 2.48 bits per heavy atom. The van der Waals surface area contributed by atoms with Gasteiger partial charge in [-0.3, -0.25) is 4.79 Å². The number of rotatable bonds is 3. The first kappa shape index (κ1) is 14.9. The van der Waals surface area contributed by atoms with Gasteiger partial charge in [0.2, 0.25) is 5.78 Å². The highest BCUT2D eigenvalue weighted by Gasteiger charge is 2.52. The molecule has 1 saturated heterocycles. The molecule has 2 aromatic heterocycles. The van der Waals surface area contributed by atoms with Crippen molar-refractivity contribution < 1.29 is 14.1 Å². The van der Waals surface area contributed by atoms with Crippen molar-refractivity contribution >= 4 is 40.4 Å². The van der Waals surface area contributed by atoms with E-state index in [0.717, 1.165) is 4.78 Å². The van der Waals surface area contributed by atoms with Crippen LogP contribution in [0.15, 0.2) is 23.0 Å². The molecule has 0 bridgehead atoms. The largest absolute Gasteiger partial charge is 0.507 e. The van der Waals surface area contributed by atoms with Crippen LogP contribution in [-0.2, 0) is 9.31 Å². The van der Waals surface area contributed by atoms with Crippen molar-refractivity contribution in [2.24, 2.45) is 0 Å². The molecule has 0 saturated carbocycles. The van der Waals surface area contributed by atoms with Crippen LogP contribution in [0.3, 0.4) is 0 Å². The summed E-state index contributed by atoms with van der Waals surface area (Å²) in [5.41, 5.74) is -0.104. The number of thiophene rings is 1. The van der Waals surface area contributed by atoms with E-state index in [2.05, 4.69) is 4.98 Å². The van der Waals surface area contributed by atoms with Crippen LogP contribution in [0.5, 0.6) is 0 Å². The molecule has 0 amide bonds. The maximum Gasteiger partial charge on any atom is 0.507 e. The lowest BCUT2D eigenvalue weighted by atomic mass is 9.89. The highest BCUT2D eigenvalue weighted by Crippen LogP contribution is 2.36. The van der Waals surface area contributed by atoms with Gasteiger partial charge in [-0.2, -0.15) is 11.3 Å².